The van der Waals surface area contributed by atoms with Crippen LogP contribution in [0.1, 0.15) is 37.8 Å². The number of hydrogen-bond donors (Lipinski definition) is 2. The third kappa shape index (κ3) is 3.89. The molecular formula is C23H22ClFN4O3S. The Bertz CT molecular complexity index is 1500. The number of anilines is 1. The number of sulfonamides is 1. The molecule has 1 aliphatic rings. The first-order chi connectivity index (χ1) is 15.8. The SMILES string of the molecule is CCCS(=O)(=O)Nc1ccc(F)c(-c2cc3c(C4CC4)nc4[nH]ncc4c3cc2OC)c1Cl. The van der Waals surface area contributed by atoms with Gasteiger partial charge in [0.05, 0.1) is 35.5 Å². The summed E-state index contributed by atoms with van der Waals surface area (Å²) >= 11 is 6.57. The summed E-state index contributed by atoms with van der Waals surface area (Å²) in [5.74, 6) is 0.0922. The molecule has 0 bridgehead atoms. The number of H-pyrrole nitrogens is 1. The van der Waals surface area contributed by atoms with Crippen LogP contribution in [0.5, 0.6) is 5.75 Å². The van der Waals surface area contributed by atoms with Gasteiger partial charge in [0.1, 0.15) is 11.6 Å². The van der Waals surface area contributed by atoms with Gasteiger partial charge in [-0.15, -0.1) is 0 Å². The van der Waals surface area contributed by atoms with E-state index in [0.717, 1.165) is 34.7 Å². The van der Waals surface area contributed by atoms with E-state index in [2.05, 4.69) is 14.9 Å². The van der Waals surface area contributed by atoms with Gasteiger partial charge in [-0.25, -0.2) is 17.8 Å². The number of aromatic amines is 1. The Balaban J connectivity index is 1.75. The number of nitrogens with one attached hydrogen (secondary N) is 2. The normalized spacial score (nSPS) is 14.2. The summed E-state index contributed by atoms with van der Waals surface area (Å²) in [5.41, 5.74) is 2.23. The van der Waals surface area contributed by atoms with Crippen LogP contribution in [0.4, 0.5) is 10.1 Å². The van der Waals surface area contributed by atoms with Crippen LogP contribution in [0.15, 0.2) is 30.5 Å². The number of pyridine rings is 1. The van der Waals surface area contributed by atoms with Crippen LogP contribution < -0.4 is 9.46 Å². The maximum atomic E-state index is 15.1. The number of rotatable bonds is 7. The van der Waals surface area contributed by atoms with Crippen LogP contribution in [0.2, 0.25) is 5.02 Å². The first-order valence-electron chi connectivity index (χ1n) is 10.7. The molecule has 1 saturated carbocycles. The van der Waals surface area contributed by atoms with Gasteiger partial charge in [0.25, 0.3) is 0 Å². The van der Waals surface area contributed by atoms with Crippen LogP contribution in [0, 0.1) is 5.82 Å². The van der Waals surface area contributed by atoms with E-state index in [1.165, 1.54) is 19.2 Å². The van der Waals surface area contributed by atoms with Crippen molar-refractivity contribution in [2.24, 2.45) is 0 Å². The second-order valence-electron chi connectivity index (χ2n) is 8.21. The molecule has 4 aromatic rings. The second kappa shape index (κ2) is 8.14. The monoisotopic (exact) mass is 488 g/mol. The summed E-state index contributed by atoms with van der Waals surface area (Å²) in [6.07, 6.45) is 4.22. The van der Waals surface area contributed by atoms with Crippen molar-refractivity contribution >= 4 is 49.1 Å². The lowest BCUT2D eigenvalue weighted by Crippen LogP contribution is -2.16. The number of benzene rings is 2. The maximum absolute atomic E-state index is 15.1. The molecule has 0 atom stereocenters. The Morgan fingerprint density at radius 1 is 1.24 bits per heavy atom. The van der Waals surface area contributed by atoms with Gasteiger partial charge in [0, 0.05) is 27.8 Å². The summed E-state index contributed by atoms with van der Waals surface area (Å²) in [7, 11) is -2.11. The van der Waals surface area contributed by atoms with Crippen LogP contribution in [0.3, 0.4) is 0 Å². The van der Waals surface area contributed by atoms with Gasteiger partial charge in [0.15, 0.2) is 5.65 Å². The summed E-state index contributed by atoms with van der Waals surface area (Å²) in [6, 6.07) is 6.19. The first kappa shape index (κ1) is 21.9. The minimum Gasteiger partial charge on any atom is -0.496 e. The zero-order chi connectivity index (χ0) is 23.3. The molecule has 2 heterocycles. The van der Waals surface area contributed by atoms with E-state index < -0.39 is 15.8 Å². The first-order valence-corrected chi connectivity index (χ1v) is 12.7. The molecule has 0 saturated heterocycles. The lowest BCUT2D eigenvalue weighted by Gasteiger charge is -2.17. The fourth-order valence-electron chi connectivity index (χ4n) is 4.15. The highest BCUT2D eigenvalue weighted by molar-refractivity contribution is 7.92. The van der Waals surface area contributed by atoms with Gasteiger partial charge in [0.2, 0.25) is 10.0 Å². The quantitative estimate of drug-likeness (QED) is 0.352. The average Bonchev–Trinajstić information content (AvgIpc) is 3.51. The summed E-state index contributed by atoms with van der Waals surface area (Å²) in [5, 5.41) is 9.63. The van der Waals surface area contributed by atoms with Crippen molar-refractivity contribution in [2.75, 3.05) is 17.6 Å². The predicted octanol–water partition coefficient (Wildman–Crippen LogP) is 5.61. The average molecular weight is 489 g/mol. The topological polar surface area (TPSA) is 97.0 Å². The molecule has 1 aliphatic carbocycles. The van der Waals surface area contributed by atoms with Gasteiger partial charge in [-0.2, -0.15) is 5.10 Å². The van der Waals surface area contributed by atoms with Gasteiger partial charge in [-0.1, -0.05) is 18.5 Å². The smallest absolute Gasteiger partial charge is 0.232 e. The van der Waals surface area contributed by atoms with E-state index in [1.54, 1.807) is 13.1 Å². The number of methoxy groups -OCH3 is 1. The highest BCUT2D eigenvalue weighted by Crippen LogP contribution is 2.47. The van der Waals surface area contributed by atoms with E-state index >= 15 is 4.39 Å². The van der Waals surface area contributed by atoms with Gasteiger partial charge >= 0.3 is 0 Å². The number of aromatic nitrogens is 3. The lowest BCUT2D eigenvalue weighted by atomic mass is 9.96. The number of nitrogens with zero attached hydrogens (tertiary/aromatic N) is 2. The van der Waals surface area contributed by atoms with Crippen LogP contribution in [-0.4, -0.2) is 36.5 Å². The summed E-state index contributed by atoms with van der Waals surface area (Å²) in [6.45, 7) is 1.76. The number of hydrogen-bond acceptors (Lipinski definition) is 5. The molecule has 1 fully saturated rings. The van der Waals surface area contributed by atoms with Gasteiger partial charge in [-0.05, 0) is 48.9 Å². The highest BCUT2D eigenvalue weighted by Gasteiger charge is 2.29. The van der Waals surface area contributed by atoms with E-state index in [-0.39, 0.29) is 22.0 Å². The third-order valence-corrected chi connectivity index (χ3v) is 7.69. The molecule has 0 radical (unpaired) electrons. The zero-order valence-corrected chi connectivity index (χ0v) is 19.6. The van der Waals surface area contributed by atoms with Crippen molar-refractivity contribution in [3.05, 3.63) is 47.0 Å². The number of fused-ring (bicyclic) bond motifs is 3. The van der Waals surface area contributed by atoms with Crippen LogP contribution in [0.25, 0.3) is 32.9 Å². The molecule has 5 rings (SSSR count). The molecular weight excluding hydrogens is 467 g/mol. The lowest BCUT2D eigenvalue weighted by molar-refractivity contribution is 0.417. The minimum absolute atomic E-state index is 0.0300. The Morgan fingerprint density at radius 3 is 2.73 bits per heavy atom. The Kier molecular flexibility index (Phi) is 5.41. The fraction of sp³-hybridized carbons (Fsp3) is 0.304. The molecule has 0 amide bonds. The molecule has 0 unspecified atom stereocenters. The standard InChI is InChI=1S/C23H22ClFN4O3S/c1-3-8-33(30,31)29-18-7-6-17(25)20(21(18)24)15-9-14-13(10-19(15)32-2)16-11-26-28-23(16)27-22(14)12-4-5-12/h6-7,9-12,29H,3-5,8H2,1-2H3,(H,26,27,28). The molecule has 2 N–H and O–H groups in total. The van der Waals surface area contributed by atoms with Crippen molar-refractivity contribution < 1.29 is 17.5 Å². The molecule has 2 aromatic heterocycles. The molecule has 33 heavy (non-hydrogen) atoms. The van der Waals surface area contributed by atoms with Gasteiger partial charge in [-0.3, -0.25) is 9.82 Å². The molecule has 0 aliphatic heterocycles. The molecule has 0 spiro atoms. The van der Waals surface area contributed by atoms with Crippen LogP contribution in [-0.2, 0) is 10.0 Å². The minimum atomic E-state index is -3.61. The number of ether oxygens (including phenoxy) is 1. The van der Waals surface area contributed by atoms with Crippen LogP contribution >= 0.6 is 11.6 Å². The third-order valence-electron chi connectivity index (χ3n) is 5.82. The Hall–Kier alpha value is -2.91. The van der Waals surface area contributed by atoms with Crippen molar-refractivity contribution in [1.29, 1.82) is 0 Å². The van der Waals surface area contributed by atoms with Crippen molar-refractivity contribution in [2.45, 2.75) is 32.1 Å². The molecule has 10 heteroatoms. The van der Waals surface area contributed by atoms with E-state index in [4.69, 9.17) is 21.3 Å². The zero-order valence-electron chi connectivity index (χ0n) is 18.1. The largest absolute Gasteiger partial charge is 0.496 e. The molecule has 7 nitrogen and oxygen atoms in total. The molecule has 172 valence electrons. The predicted molar refractivity (Wildman–Crippen MR) is 128 cm³/mol. The van der Waals surface area contributed by atoms with E-state index in [0.29, 0.717) is 29.3 Å². The van der Waals surface area contributed by atoms with Crippen molar-refractivity contribution in [1.82, 2.24) is 15.2 Å². The number of halogens is 2. The maximum Gasteiger partial charge on any atom is 0.232 e. The van der Waals surface area contributed by atoms with Crippen molar-refractivity contribution in [3.8, 4) is 16.9 Å². The Labute approximate surface area is 195 Å². The summed E-state index contributed by atoms with van der Waals surface area (Å²) in [4.78, 5) is 4.77. The molecule has 2 aromatic carbocycles. The Morgan fingerprint density at radius 2 is 2.03 bits per heavy atom. The van der Waals surface area contributed by atoms with E-state index in [1.807, 2.05) is 12.1 Å². The van der Waals surface area contributed by atoms with Crippen molar-refractivity contribution in [3.63, 3.8) is 0 Å². The second-order valence-corrected chi connectivity index (χ2v) is 10.4. The van der Waals surface area contributed by atoms with E-state index in [9.17, 15) is 8.42 Å². The van der Waals surface area contributed by atoms with Gasteiger partial charge < -0.3 is 4.74 Å². The summed E-state index contributed by atoms with van der Waals surface area (Å²) < 4.78 is 47.8. The fourth-order valence-corrected chi connectivity index (χ4v) is 5.66. The highest BCUT2D eigenvalue weighted by atomic mass is 35.5.